The third-order valence-corrected chi connectivity index (χ3v) is 5.68. The second kappa shape index (κ2) is 9.14. The van der Waals surface area contributed by atoms with Crippen molar-refractivity contribution in [1.82, 2.24) is 20.1 Å². The zero-order valence-electron chi connectivity index (χ0n) is 15.4. The van der Waals surface area contributed by atoms with Crippen LogP contribution in [0.2, 0.25) is 0 Å². The van der Waals surface area contributed by atoms with Gasteiger partial charge >= 0.3 is 0 Å². The lowest BCUT2D eigenvalue weighted by Crippen LogP contribution is -2.29. The molecule has 0 radical (unpaired) electrons. The lowest BCUT2D eigenvalue weighted by molar-refractivity contribution is -0.117. The molecular formula is C17H21N5O3S2. The number of nitrogens with one attached hydrogen (secondary N) is 1. The minimum absolute atomic E-state index is 0.0988. The second-order valence-electron chi connectivity index (χ2n) is 5.77. The van der Waals surface area contributed by atoms with Gasteiger partial charge in [0.2, 0.25) is 5.91 Å². The highest BCUT2D eigenvalue weighted by Crippen LogP contribution is 2.28. The third kappa shape index (κ3) is 5.16. The zero-order valence-corrected chi connectivity index (χ0v) is 17.0. The summed E-state index contributed by atoms with van der Waals surface area (Å²) >= 11 is 2.88. The second-order valence-corrected chi connectivity index (χ2v) is 7.80. The molecule has 0 aliphatic carbocycles. The summed E-state index contributed by atoms with van der Waals surface area (Å²) in [4.78, 5) is 16.2. The van der Waals surface area contributed by atoms with Crippen molar-refractivity contribution in [2.75, 3.05) is 25.2 Å². The van der Waals surface area contributed by atoms with E-state index in [4.69, 9.17) is 9.47 Å². The normalized spacial score (nSPS) is 13.4. The van der Waals surface area contributed by atoms with Gasteiger partial charge in [-0.15, -0.1) is 10.2 Å². The number of carbonyl (C=O) groups excluding carboxylic acids is 1. The van der Waals surface area contributed by atoms with Crippen molar-refractivity contribution in [3.63, 3.8) is 0 Å². The monoisotopic (exact) mass is 407 g/mol. The van der Waals surface area contributed by atoms with Gasteiger partial charge in [0.05, 0.1) is 19.4 Å². The highest BCUT2D eigenvalue weighted by atomic mass is 32.2. The first-order valence-corrected chi connectivity index (χ1v) is 10.3. The number of amidine groups is 1. The van der Waals surface area contributed by atoms with Crippen LogP contribution in [0, 0.1) is 6.92 Å². The molecule has 10 heteroatoms. The molecular weight excluding hydrogens is 386 g/mol. The van der Waals surface area contributed by atoms with Crippen molar-refractivity contribution in [2.45, 2.75) is 18.7 Å². The molecule has 1 aliphatic rings. The van der Waals surface area contributed by atoms with E-state index in [1.165, 1.54) is 11.8 Å². The van der Waals surface area contributed by atoms with Gasteiger partial charge in [0.25, 0.3) is 0 Å². The van der Waals surface area contributed by atoms with Gasteiger partial charge in [-0.2, -0.15) is 0 Å². The predicted molar refractivity (Wildman–Crippen MR) is 107 cm³/mol. The topological polar surface area (TPSA) is 90.6 Å². The Morgan fingerprint density at radius 2 is 2.22 bits per heavy atom. The number of aromatic nitrogens is 3. The van der Waals surface area contributed by atoms with Gasteiger partial charge in [-0.05, 0) is 24.6 Å². The van der Waals surface area contributed by atoms with E-state index in [9.17, 15) is 4.79 Å². The van der Waals surface area contributed by atoms with E-state index in [1.54, 1.807) is 18.9 Å². The molecule has 3 rings (SSSR count). The quantitative estimate of drug-likeness (QED) is 0.702. The van der Waals surface area contributed by atoms with Crippen LogP contribution in [0.1, 0.15) is 11.4 Å². The van der Waals surface area contributed by atoms with Gasteiger partial charge < -0.3 is 19.4 Å². The van der Waals surface area contributed by atoms with Crippen LogP contribution in [0.25, 0.3) is 0 Å². The Morgan fingerprint density at radius 3 is 2.96 bits per heavy atom. The summed E-state index contributed by atoms with van der Waals surface area (Å²) in [7, 11) is 3.46. The summed E-state index contributed by atoms with van der Waals surface area (Å²) in [6.07, 6.45) is 0. The summed E-state index contributed by atoms with van der Waals surface area (Å²) in [5.41, 5.74) is 1.09. The van der Waals surface area contributed by atoms with Crippen LogP contribution in [0.5, 0.6) is 11.5 Å². The number of thioether (sulfide) groups is 2. The maximum atomic E-state index is 12.0. The third-order valence-electron chi connectivity index (χ3n) is 3.77. The first-order valence-electron chi connectivity index (χ1n) is 8.32. The van der Waals surface area contributed by atoms with Crippen LogP contribution < -0.4 is 14.8 Å². The fourth-order valence-corrected chi connectivity index (χ4v) is 3.80. The van der Waals surface area contributed by atoms with E-state index in [0.29, 0.717) is 27.6 Å². The number of hydrogen-bond donors (Lipinski definition) is 1. The van der Waals surface area contributed by atoms with Gasteiger partial charge in [-0.1, -0.05) is 29.6 Å². The lowest BCUT2D eigenvalue weighted by Gasteiger charge is -2.11. The molecule has 0 saturated heterocycles. The molecule has 2 heterocycles. The molecule has 1 aliphatic heterocycles. The molecule has 27 heavy (non-hydrogen) atoms. The largest absolute Gasteiger partial charge is 0.493 e. The Kier molecular flexibility index (Phi) is 6.62. The summed E-state index contributed by atoms with van der Waals surface area (Å²) in [5.74, 6) is 3.06. The SMILES string of the molecule is COc1cc(C)ccc1OCc1nnc(SCC(=O)NC2=NCCS2)n1C. The van der Waals surface area contributed by atoms with Crippen LogP contribution in [-0.2, 0) is 18.4 Å². The first kappa shape index (κ1) is 19.6. The summed E-state index contributed by atoms with van der Waals surface area (Å²) in [5, 5.41) is 12.4. The standard InChI is InChI=1S/C17H21N5O3S2/c1-11-4-5-12(13(8-11)24-3)25-9-14-20-21-17(22(14)2)27-10-15(23)19-16-18-6-7-26-16/h4-5,8H,6-7,9-10H2,1-3H3,(H,18,19,23). The van der Waals surface area contributed by atoms with Crippen LogP contribution >= 0.6 is 23.5 Å². The molecule has 144 valence electrons. The molecule has 1 amide bonds. The predicted octanol–water partition coefficient (Wildman–Crippen LogP) is 2.02. The minimum Gasteiger partial charge on any atom is -0.493 e. The molecule has 0 bridgehead atoms. The van der Waals surface area contributed by atoms with Gasteiger partial charge in [0, 0.05) is 12.8 Å². The number of hydrogen-bond acceptors (Lipinski definition) is 8. The van der Waals surface area contributed by atoms with Crippen LogP contribution in [0.3, 0.4) is 0 Å². The molecule has 1 aromatic heterocycles. The Bertz CT molecular complexity index is 853. The van der Waals surface area contributed by atoms with Crippen molar-refractivity contribution >= 4 is 34.6 Å². The molecule has 0 atom stereocenters. The maximum absolute atomic E-state index is 12.0. The van der Waals surface area contributed by atoms with Crippen LogP contribution in [0.4, 0.5) is 0 Å². The lowest BCUT2D eigenvalue weighted by atomic mass is 10.2. The number of rotatable bonds is 7. The van der Waals surface area contributed by atoms with Crippen molar-refractivity contribution in [2.24, 2.45) is 12.0 Å². The zero-order chi connectivity index (χ0) is 19.2. The molecule has 1 N–H and O–H groups in total. The molecule has 0 saturated carbocycles. The smallest absolute Gasteiger partial charge is 0.236 e. The van der Waals surface area contributed by atoms with E-state index in [1.807, 2.05) is 36.7 Å². The van der Waals surface area contributed by atoms with E-state index < -0.39 is 0 Å². The van der Waals surface area contributed by atoms with Gasteiger partial charge in [-0.3, -0.25) is 9.79 Å². The number of aryl methyl sites for hydroxylation is 1. The number of methoxy groups -OCH3 is 1. The molecule has 1 aromatic carbocycles. The van der Waals surface area contributed by atoms with E-state index >= 15 is 0 Å². The van der Waals surface area contributed by atoms with Crippen molar-refractivity contribution < 1.29 is 14.3 Å². The van der Waals surface area contributed by atoms with Crippen molar-refractivity contribution in [3.05, 3.63) is 29.6 Å². The molecule has 8 nitrogen and oxygen atoms in total. The fourth-order valence-electron chi connectivity index (χ4n) is 2.33. The van der Waals surface area contributed by atoms with E-state index in [0.717, 1.165) is 17.9 Å². The van der Waals surface area contributed by atoms with Crippen LogP contribution in [-0.4, -0.2) is 51.0 Å². The highest BCUT2D eigenvalue weighted by Gasteiger charge is 2.15. The van der Waals surface area contributed by atoms with E-state index in [2.05, 4.69) is 20.5 Å². The number of amides is 1. The van der Waals surface area contributed by atoms with Gasteiger partial charge in [0.15, 0.2) is 27.6 Å². The summed E-state index contributed by atoms with van der Waals surface area (Å²) < 4.78 is 13.0. The molecule has 0 fully saturated rings. The van der Waals surface area contributed by atoms with Crippen molar-refractivity contribution in [3.8, 4) is 11.5 Å². The average Bonchev–Trinajstić information content (AvgIpc) is 3.29. The Hall–Kier alpha value is -2.20. The Morgan fingerprint density at radius 1 is 1.37 bits per heavy atom. The molecule has 0 spiro atoms. The maximum Gasteiger partial charge on any atom is 0.236 e. The van der Waals surface area contributed by atoms with Crippen LogP contribution in [0.15, 0.2) is 28.3 Å². The Balaban J connectivity index is 1.54. The number of benzene rings is 1. The van der Waals surface area contributed by atoms with Gasteiger partial charge in [-0.25, -0.2) is 0 Å². The average molecular weight is 408 g/mol. The van der Waals surface area contributed by atoms with Crippen molar-refractivity contribution in [1.29, 1.82) is 0 Å². The molecule has 2 aromatic rings. The number of aliphatic imine (C=N–C) groups is 1. The van der Waals surface area contributed by atoms with Gasteiger partial charge in [0.1, 0.15) is 6.61 Å². The Labute approximate surface area is 166 Å². The highest BCUT2D eigenvalue weighted by molar-refractivity contribution is 8.14. The number of carbonyl (C=O) groups is 1. The number of ether oxygens (including phenoxy) is 2. The molecule has 0 unspecified atom stereocenters. The fraction of sp³-hybridized carbons (Fsp3) is 0.412. The minimum atomic E-state index is -0.0988. The van der Waals surface area contributed by atoms with E-state index in [-0.39, 0.29) is 18.3 Å². The summed E-state index contributed by atoms with van der Waals surface area (Å²) in [6, 6.07) is 5.74. The number of nitrogens with zero attached hydrogens (tertiary/aromatic N) is 4. The summed E-state index contributed by atoms with van der Waals surface area (Å²) in [6.45, 7) is 3.00. The first-order chi connectivity index (χ1) is 13.1.